The van der Waals surface area contributed by atoms with Crippen molar-refractivity contribution in [3.05, 3.63) is 19.6 Å². The van der Waals surface area contributed by atoms with Crippen LogP contribution < -0.4 is 0 Å². The molecule has 4 radical (unpaired) electrons. The molecule has 0 aromatic carbocycles. The quantitative estimate of drug-likeness (QED) is 0.433. The first-order valence-electron chi connectivity index (χ1n) is 3.65. The largest absolute Gasteiger partial charge is 0.0885 e. The highest BCUT2D eigenvalue weighted by Gasteiger charge is 1.89. The molecule has 0 saturated heterocycles. The van der Waals surface area contributed by atoms with Gasteiger partial charge in [-0.25, -0.2) is 0 Å². The van der Waals surface area contributed by atoms with Gasteiger partial charge in [0, 0.05) is 7.43 Å². The third-order valence-electron chi connectivity index (χ3n) is 1.66. The molecule has 0 amide bonds. The fraction of sp³-hybridized carbons (Fsp3) is 0.667. The number of allylic oxidation sites excluding steroid dienone is 2. The van der Waals surface area contributed by atoms with Crippen LogP contribution in [-0.4, -0.2) is 0 Å². The molecule has 0 aromatic rings. The second-order valence-corrected chi connectivity index (χ2v) is 2.46. The number of hydrogen-bond acceptors (Lipinski definition) is 0. The van der Waals surface area contributed by atoms with Gasteiger partial charge in [0.15, 0.2) is 0 Å². The van der Waals surface area contributed by atoms with Crippen molar-refractivity contribution in [3.8, 4) is 0 Å². The minimum absolute atomic E-state index is 0. The van der Waals surface area contributed by atoms with Gasteiger partial charge in [-0.15, -0.1) is 0 Å². The van der Waals surface area contributed by atoms with Crippen molar-refractivity contribution in [2.45, 2.75) is 38.5 Å². The molecule has 0 heteroatoms. The van der Waals surface area contributed by atoms with Crippen LogP contribution in [0.2, 0.25) is 0 Å². The minimum Gasteiger partial charge on any atom is -0.0885 e. The summed E-state index contributed by atoms with van der Waals surface area (Å²) < 4.78 is 0. The van der Waals surface area contributed by atoms with Crippen molar-refractivity contribution in [3.63, 3.8) is 0 Å². The highest BCUT2D eigenvalue weighted by molar-refractivity contribution is 4.82. The van der Waals surface area contributed by atoms with Crippen LogP contribution in [0.3, 0.4) is 0 Å². The number of rotatable bonds is 0. The standard InChI is InChI=1S/C8H14.C/c1-2-4-6-8-7-5-3-1;/h1-2H,3-8H2;. The molecule has 0 saturated carbocycles. The minimum atomic E-state index is 0. The Morgan fingerprint density at radius 3 is 1.56 bits per heavy atom. The molecule has 1 aliphatic carbocycles. The molecule has 9 heavy (non-hydrogen) atoms. The Kier molecular flexibility index (Phi) is 5.70. The summed E-state index contributed by atoms with van der Waals surface area (Å²) in [5, 5.41) is 0. The highest BCUT2D eigenvalue weighted by Crippen LogP contribution is 2.09. The second-order valence-electron chi connectivity index (χ2n) is 2.46. The average molecular weight is 122 g/mol. The summed E-state index contributed by atoms with van der Waals surface area (Å²) in [7, 11) is 0. The van der Waals surface area contributed by atoms with Crippen LogP contribution in [0.4, 0.5) is 0 Å². The fourth-order valence-corrected chi connectivity index (χ4v) is 1.11. The van der Waals surface area contributed by atoms with E-state index in [9.17, 15) is 0 Å². The first-order chi connectivity index (χ1) is 4.00. The molecule has 0 aliphatic heterocycles. The van der Waals surface area contributed by atoms with Crippen molar-refractivity contribution in [1.82, 2.24) is 0 Å². The van der Waals surface area contributed by atoms with Crippen LogP contribution in [-0.2, 0) is 0 Å². The molecule has 0 N–H and O–H groups in total. The molecule has 0 atom stereocenters. The van der Waals surface area contributed by atoms with Gasteiger partial charge in [-0.05, 0) is 25.7 Å². The maximum absolute atomic E-state index is 2.32. The zero-order valence-corrected chi connectivity index (χ0v) is 5.90. The van der Waals surface area contributed by atoms with E-state index in [1.54, 1.807) is 0 Å². The van der Waals surface area contributed by atoms with E-state index < -0.39 is 0 Å². The molecule has 0 fully saturated rings. The molecule has 1 aliphatic rings. The van der Waals surface area contributed by atoms with Crippen LogP contribution >= 0.6 is 0 Å². The molecule has 0 heterocycles. The monoisotopic (exact) mass is 122 g/mol. The van der Waals surface area contributed by atoms with Crippen LogP contribution in [0.5, 0.6) is 0 Å². The van der Waals surface area contributed by atoms with E-state index in [2.05, 4.69) is 12.2 Å². The third-order valence-corrected chi connectivity index (χ3v) is 1.66. The Morgan fingerprint density at radius 2 is 1.11 bits per heavy atom. The molecule has 0 bridgehead atoms. The summed E-state index contributed by atoms with van der Waals surface area (Å²) in [5.74, 6) is 0. The number of hydrogen-bond donors (Lipinski definition) is 0. The summed E-state index contributed by atoms with van der Waals surface area (Å²) in [6, 6.07) is 0. The smallest absolute Gasteiger partial charge is 0 e. The highest BCUT2D eigenvalue weighted by atomic mass is 14.0. The lowest BCUT2D eigenvalue weighted by molar-refractivity contribution is 0.638. The predicted molar refractivity (Wildman–Crippen MR) is 40.1 cm³/mol. The van der Waals surface area contributed by atoms with Crippen molar-refractivity contribution in [2.75, 3.05) is 0 Å². The molecule has 1 rings (SSSR count). The predicted octanol–water partition coefficient (Wildman–Crippen LogP) is 2.98. The maximum Gasteiger partial charge on any atom is 0 e. The summed E-state index contributed by atoms with van der Waals surface area (Å²) >= 11 is 0. The first-order valence-corrected chi connectivity index (χ1v) is 3.65. The topological polar surface area (TPSA) is 0 Å². The van der Waals surface area contributed by atoms with E-state index in [4.69, 9.17) is 0 Å². The van der Waals surface area contributed by atoms with Gasteiger partial charge >= 0.3 is 0 Å². The molecular weight excluding hydrogens is 108 g/mol. The Hall–Kier alpha value is -0.260. The normalized spacial score (nSPS) is 19.6. The van der Waals surface area contributed by atoms with Gasteiger partial charge in [-0.1, -0.05) is 25.0 Å². The van der Waals surface area contributed by atoms with Gasteiger partial charge in [0.2, 0.25) is 0 Å². The molecule has 0 unspecified atom stereocenters. The van der Waals surface area contributed by atoms with Crippen LogP contribution in [0.1, 0.15) is 38.5 Å². The van der Waals surface area contributed by atoms with E-state index in [0.717, 1.165) is 0 Å². The van der Waals surface area contributed by atoms with Gasteiger partial charge in [-0.3, -0.25) is 0 Å². The van der Waals surface area contributed by atoms with Gasteiger partial charge < -0.3 is 0 Å². The summed E-state index contributed by atoms with van der Waals surface area (Å²) in [6.45, 7) is 0. The van der Waals surface area contributed by atoms with Crippen molar-refractivity contribution < 1.29 is 0 Å². The van der Waals surface area contributed by atoms with Crippen molar-refractivity contribution in [1.29, 1.82) is 0 Å². The summed E-state index contributed by atoms with van der Waals surface area (Å²) in [4.78, 5) is 0. The third kappa shape index (κ3) is 4.26. The summed E-state index contributed by atoms with van der Waals surface area (Å²) in [5.41, 5.74) is 0. The second kappa shape index (κ2) is 5.87. The van der Waals surface area contributed by atoms with Crippen LogP contribution in [0, 0.1) is 7.43 Å². The van der Waals surface area contributed by atoms with Crippen LogP contribution in [0.15, 0.2) is 12.2 Å². The van der Waals surface area contributed by atoms with Gasteiger partial charge in [0.05, 0.1) is 0 Å². The zero-order valence-electron chi connectivity index (χ0n) is 5.90. The SMILES string of the molecule is C1=CCCCCCC1.[C]. The van der Waals surface area contributed by atoms with E-state index in [0.29, 0.717) is 0 Å². The molecule has 0 aromatic heterocycles. The van der Waals surface area contributed by atoms with Crippen molar-refractivity contribution >= 4 is 0 Å². The Balaban J connectivity index is 0.000000640. The molecule has 0 nitrogen and oxygen atoms in total. The maximum atomic E-state index is 2.32. The van der Waals surface area contributed by atoms with E-state index in [-0.39, 0.29) is 7.43 Å². The first kappa shape index (κ1) is 8.74. The summed E-state index contributed by atoms with van der Waals surface area (Å²) in [6.07, 6.45) is 13.0. The van der Waals surface area contributed by atoms with E-state index in [1.165, 1.54) is 38.5 Å². The van der Waals surface area contributed by atoms with E-state index in [1.807, 2.05) is 0 Å². The molecule has 0 spiro atoms. The lowest BCUT2D eigenvalue weighted by Crippen LogP contribution is -1.80. The Bertz CT molecular complexity index is 62.1. The lowest BCUT2D eigenvalue weighted by Gasteiger charge is -2.00. The fourth-order valence-electron chi connectivity index (χ4n) is 1.11. The van der Waals surface area contributed by atoms with Gasteiger partial charge in [-0.2, -0.15) is 0 Å². The zero-order chi connectivity index (χ0) is 5.66. The lowest BCUT2D eigenvalue weighted by atomic mass is 10.1. The Labute approximate surface area is 59.0 Å². The molecule has 50 valence electrons. The Morgan fingerprint density at radius 1 is 0.667 bits per heavy atom. The van der Waals surface area contributed by atoms with Crippen LogP contribution in [0.25, 0.3) is 0 Å². The van der Waals surface area contributed by atoms with Gasteiger partial charge in [0.25, 0.3) is 0 Å². The van der Waals surface area contributed by atoms with Gasteiger partial charge in [0.1, 0.15) is 0 Å². The average Bonchev–Trinajstić information content (AvgIpc) is 1.62. The van der Waals surface area contributed by atoms with Crippen molar-refractivity contribution in [2.24, 2.45) is 0 Å². The molecular formula is C9H14. The van der Waals surface area contributed by atoms with E-state index >= 15 is 0 Å².